The summed E-state index contributed by atoms with van der Waals surface area (Å²) in [5.74, 6) is 0. The van der Waals surface area contributed by atoms with Crippen LogP contribution in [0.15, 0.2) is 0 Å². The summed E-state index contributed by atoms with van der Waals surface area (Å²) in [5.41, 5.74) is 4.27. The average molecular weight is 73.1 g/mol. The molecule has 0 amide bonds. The van der Waals surface area contributed by atoms with Crippen molar-refractivity contribution in [3.05, 3.63) is 0 Å². The van der Waals surface area contributed by atoms with Crippen LogP contribution in [0.25, 0.3) is 0 Å². The molecule has 0 aromatic rings. The van der Waals surface area contributed by atoms with Crippen molar-refractivity contribution >= 4 is 0 Å². The number of aliphatic hydroxyl groups is 1. The summed E-state index contributed by atoms with van der Waals surface area (Å²) in [6, 6.07) is 0. The molecule has 2 nitrogen and oxygen atoms in total. The van der Waals surface area contributed by atoms with Gasteiger partial charge in [-0.25, -0.2) is 0 Å². The summed E-state index contributed by atoms with van der Waals surface area (Å²) in [6.45, 7) is 0. The molecule has 1 aliphatic carbocycles. The molecule has 1 saturated carbocycles. The van der Waals surface area contributed by atoms with Crippen molar-refractivity contribution < 1.29 is 5.11 Å². The fraction of sp³-hybridized carbons (Fsp3) is 1.00. The Labute approximate surface area is 30.6 Å². The molecule has 0 saturated heterocycles. The summed E-state index contributed by atoms with van der Waals surface area (Å²) in [5, 5.41) is 8.41. The Morgan fingerprint density at radius 1 is 1.60 bits per heavy atom. The van der Waals surface area contributed by atoms with Gasteiger partial charge in [0, 0.05) is 0 Å². The first-order chi connectivity index (χ1) is 2.21. The van der Waals surface area contributed by atoms with Crippen molar-refractivity contribution in [1.82, 2.24) is 0 Å². The van der Waals surface area contributed by atoms with Gasteiger partial charge in [-0.05, 0) is 12.8 Å². The Balaban J connectivity index is 2.38. The minimum atomic E-state index is -0.750. The van der Waals surface area contributed by atoms with Crippen molar-refractivity contribution in [2.75, 3.05) is 0 Å². The van der Waals surface area contributed by atoms with Gasteiger partial charge < -0.3 is 10.8 Å². The molecule has 0 unspecified atom stereocenters. The Morgan fingerprint density at radius 3 is 1.80 bits per heavy atom. The Hall–Kier alpha value is -0.0800. The van der Waals surface area contributed by atoms with Gasteiger partial charge >= 0.3 is 0 Å². The van der Waals surface area contributed by atoms with E-state index >= 15 is 0 Å². The zero-order valence-electron chi connectivity index (χ0n) is 2.94. The maximum Gasteiger partial charge on any atom is 0.113 e. The molecule has 0 aromatic heterocycles. The van der Waals surface area contributed by atoms with Gasteiger partial charge in [0.15, 0.2) is 0 Å². The number of hydrogen-bond acceptors (Lipinski definition) is 2. The zero-order valence-corrected chi connectivity index (χ0v) is 2.94. The Morgan fingerprint density at radius 2 is 1.80 bits per heavy atom. The molecule has 30 valence electrons. The van der Waals surface area contributed by atoms with Crippen LogP contribution in [0.4, 0.5) is 0 Å². The first-order valence-electron chi connectivity index (χ1n) is 1.72. The van der Waals surface area contributed by atoms with Crippen LogP contribution in [-0.2, 0) is 0 Å². The molecule has 0 spiro atoms. The molecule has 0 atom stereocenters. The third kappa shape index (κ3) is 0.597. The van der Waals surface area contributed by atoms with E-state index in [0.29, 0.717) is 0 Å². The zero-order chi connectivity index (χ0) is 3.91. The number of rotatable bonds is 0. The predicted octanol–water partition coefficient (Wildman–Crippen LogP) is -0.573. The van der Waals surface area contributed by atoms with Crippen LogP contribution in [0.1, 0.15) is 12.8 Å². The second-order valence-electron chi connectivity index (χ2n) is 1.60. The quantitative estimate of drug-likeness (QED) is 0.377. The Bertz CT molecular complexity index is 44.9. The smallest absolute Gasteiger partial charge is 0.113 e. The van der Waals surface area contributed by atoms with Crippen molar-refractivity contribution in [2.24, 2.45) is 5.73 Å². The summed E-state index contributed by atoms with van der Waals surface area (Å²) >= 11 is 0. The molecular weight excluding hydrogens is 66.0 g/mol. The van der Waals surface area contributed by atoms with E-state index in [4.69, 9.17) is 10.8 Å². The van der Waals surface area contributed by atoms with Crippen molar-refractivity contribution in [2.45, 2.75) is 18.6 Å². The van der Waals surface area contributed by atoms with E-state index in [2.05, 4.69) is 0 Å². The molecule has 0 aromatic carbocycles. The summed E-state index contributed by atoms with van der Waals surface area (Å²) < 4.78 is 0. The molecule has 0 radical (unpaired) electrons. The van der Waals surface area contributed by atoms with Gasteiger partial charge in [-0.3, -0.25) is 0 Å². The van der Waals surface area contributed by atoms with Crippen LogP contribution in [0.2, 0.25) is 0 Å². The Kier molecular flexibility index (Phi) is 0.333. The standard InChI is InChI=1S/C3H7NO/c4-3(5)1-2-3/h5H,1-2,4H2. The maximum atomic E-state index is 8.41. The molecule has 2 heteroatoms. The second kappa shape index (κ2) is 0.533. The predicted molar refractivity (Wildman–Crippen MR) is 18.4 cm³/mol. The van der Waals surface area contributed by atoms with Gasteiger partial charge in [0.2, 0.25) is 0 Å². The molecule has 3 N–H and O–H groups in total. The van der Waals surface area contributed by atoms with Crippen molar-refractivity contribution in [3.8, 4) is 0 Å². The normalized spacial score (nSPS) is 30.0. The van der Waals surface area contributed by atoms with E-state index in [0.717, 1.165) is 12.8 Å². The highest BCUT2D eigenvalue weighted by atomic mass is 16.3. The van der Waals surface area contributed by atoms with Gasteiger partial charge in [0.25, 0.3) is 0 Å². The summed E-state index contributed by atoms with van der Waals surface area (Å²) in [7, 11) is 0. The lowest BCUT2D eigenvalue weighted by molar-refractivity contribution is 0.158. The topological polar surface area (TPSA) is 46.2 Å². The van der Waals surface area contributed by atoms with Crippen LogP contribution in [0, 0.1) is 0 Å². The molecular formula is C3H7NO. The van der Waals surface area contributed by atoms with Gasteiger partial charge in [0.1, 0.15) is 5.72 Å². The molecule has 1 fully saturated rings. The molecule has 0 bridgehead atoms. The van der Waals surface area contributed by atoms with Crippen molar-refractivity contribution in [1.29, 1.82) is 0 Å². The monoisotopic (exact) mass is 73.1 g/mol. The van der Waals surface area contributed by atoms with Gasteiger partial charge in [-0.2, -0.15) is 0 Å². The lowest BCUT2D eigenvalue weighted by Crippen LogP contribution is -2.19. The lowest BCUT2D eigenvalue weighted by Gasteiger charge is -1.88. The third-order valence-corrected chi connectivity index (χ3v) is 0.762. The first kappa shape index (κ1) is 3.12. The second-order valence-corrected chi connectivity index (χ2v) is 1.60. The van der Waals surface area contributed by atoms with E-state index in [1.807, 2.05) is 0 Å². The van der Waals surface area contributed by atoms with Gasteiger partial charge in [-0.15, -0.1) is 0 Å². The fourth-order valence-electron chi connectivity index (χ4n) is 0.128. The first-order valence-corrected chi connectivity index (χ1v) is 1.72. The molecule has 5 heavy (non-hydrogen) atoms. The van der Waals surface area contributed by atoms with Gasteiger partial charge in [0.05, 0.1) is 0 Å². The van der Waals surface area contributed by atoms with E-state index in [1.54, 1.807) is 0 Å². The minimum Gasteiger partial charge on any atom is -0.376 e. The highest BCUT2D eigenvalue weighted by molar-refractivity contribution is 4.85. The van der Waals surface area contributed by atoms with E-state index < -0.39 is 5.72 Å². The highest BCUT2D eigenvalue weighted by Crippen LogP contribution is 2.27. The number of nitrogens with two attached hydrogens (primary N) is 1. The van der Waals surface area contributed by atoms with Gasteiger partial charge in [-0.1, -0.05) is 0 Å². The van der Waals surface area contributed by atoms with Crippen LogP contribution < -0.4 is 5.73 Å². The van der Waals surface area contributed by atoms with E-state index in [1.165, 1.54) is 0 Å². The highest BCUT2D eigenvalue weighted by Gasteiger charge is 2.34. The minimum absolute atomic E-state index is 0.750. The molecule has 0 aliphatic heterocycles. The molecule has 0 heterocycles. The van der Waals surface area contributed by atoms with E-state index in [-0.39, 0.29) is 0 Å². The summed E-state index contributed by atoms with van der Waals surface area (Å²) in [6.07, 6.45) is 1.57. The maximum absolute atomic E-state index is 8.41. The van der Waals surface area contributed by atoms with Crippen molar-refractivity contribution in [3.63, 3.8) is 0 Å². The SMILES string of the molecule is NC1(O)CC1. The van der Waals surface area contributed by atoms with Crippen LogP contribution in [0.5, 0.6) is 0 Å². The van der Waals surface area contributed by atoms with Crippen LogP contribution >= 0.6 is 0 Å². The molecule has 1 aliphatic rings. The largest absolute Gasteiger partial charge is 0.376 e. The number of hydrogen-bond donors (Lipinski definition) is 2. The molecule has 1 rings (SSSR count). The average Bonchev–Trinajstić information content (AvgIpc) is 1.76. The van der Waals surface area contributed by atoms with Crippen LogP contribution in [-0.4, -0.2) is 10.8 Å². The fourth-order valence-corrected chi connectivity index (χ4v) is 0.128. The lowest BCUT2D eigenvalue weighted by atomic mass is 10.7. The van der Waals surface area contributed by atoms with Crippen LogP contribution in [0.3, 0.4) is 0 Å². The van der Waals surface area contributed by atoms with E-state index in [9.17, 15) is 0 Å². The third-order valence-electron chi connectivity index (χ3n) is 0.762. The summed E-state index contributed by atoms with van der Waals surface area (Å²) in [4.78, 5) is 0.